The second-order valence-electron chi connectivity index (χ2n) is 4.63. The molecule has 0 saturated heterocycles. The Bertz CT molecular complexity index is 629. The molecule has 1 aromatic rings. The van der Waals surface area contributed by atoms with Crippen LogP contribution in [0.25, 0.3) is 0 Å². The largest absolute Gasteiger partial charge is 0.416 e. The number of hydrogen-bond acceptors (Lipinski definition) is 3. The number of nitrogens with zero attached hydrogens (tertiary/aromatic N) is 1. The Hall–Kier alpha value is -1.61. The summed E-state index contributed by atoms with van der Waals surface area (Å²) in [4.78, 5) is -0.449. The standard InChI is InChI=1S/C12H16F3N3O2S/c1-8(6-11(16)17)18(2)21(19,20)10-5-3-4-9(7-10)12(13,14)15/h3-5,7-8H,6H2,1-2H3,(H3,16,17). The minimum Gasteiger partial charge on any atom is -0.388 e. The number of nitrogens with one attached hydrogen (secondary N) is 1. The van der Waals surface area contributed by atoms with Crippen molar-refractivity contribution in [2.75, 3.05) is 7.05 Å². The molecule has 1 rings (SSSR count). The fourth-order valence-corrected chi connectivity index (χ4v) is 3.09. The summed E-state index contributed by atoms with van der Waals surface area (Å²) in [6.45, 7) is 1.52. The van der Waals surface area contributed by atoms with Gasteiger partial charge in [-0.05, 0) is 25.1 Å². The summed E-state index contributed by atoms with van der Waals surface area (Å²) < 4.78 is 63.4. The highest BCUT2D eigenvalue weighted by Crippen LogP contribution is 2.31. The third-order valence-corrected chi connectivity index (χ3v) is 4.94. The predicted octanol–water partition coefficient (Wildman–Crippen LogP) is 2.04. The van der Waals surface area contributed by atoms with E-state index < -0.39 is 32.7 Å². The van der Waals surface area contributed by atoms with Crippen LogP contribution in [-0.2, 0) is 16.2 Å². The fraction of sp³-hybridized carbons (Fsp3) is 0.417. The van der Waals surface area contributed by atoms with Crippen molar-refractivity contribution in [3.63, 3.8) is 0 Å². The van der Waals surface area contributed by atoms with E-state index in [1.54, 1.807) is 0 Å². The summed E-state index contributed by atoms with van der Waals surface area (Å²) in [6.07, 6.45) is -4.62. The number of alkyl halides is 3. The zero-order valence-corrected chi connectivity index (χ0v) is 12.3. The van der Waals surface area contributed by atoms with E-state index in [2.05, 4.69) is 0 Å². The molecule has 0 radical (unpaired) electrons. The highest BCUT2D eigenvalue weighted by molar-refractivity contribution is 7.89. The van der Waals surface area contributed by atoms with Crippen LogP contribution in [0.1, 0.15) is 18.9 Å². The van der Waals surface area contributed by atoms with Crippen molar-refractivity contribution >= 4 is 15.9 Å². The van der Waals surface area contributed by atoms with Crippen molar-refractivity contribution in [1.29, 1.82) is 5.41 Å². The zero-order chi connectivity index (χ0) is 16.4. The topological polar surface area (TPSA) is 87.2 Å². The average molecular weight is 323 g/mol. The van der Waals surface area contributed by atoms with E-state index in [0.717, 1.165) is 22.5 Å². The summed E-state index contributed by atoms with van der Waals surface area (Å²) in [5.74, 6) is -0.200. The van der Waals surface area contributed by atoms with E-state index in [0.29, 0.717) is 6.07 Å². The summed E-state index contributed by atoms with van der Waals surface area (Å²) in [7, 11) is -2.85. The highest BCUT2D eigenvalue weighted by atomic mass is 32.2. The van der Waals surface area contributed by atoms with E-state index in [9.17, 15) is 21.6 Å². The number of nitrogens with two attached hydrogens (primary N) is 1. The number of sulfonamides is 1. The molecule has 1 aromatic carbocycles. The number of halogens is 3. The predicted molar refractivity (Wildman–Crippen MR) is 72.4 cm³/mol. The van der Waals surface area contributed by atoms with E-state index in [4.69, 9.17) is 11.1 Å². The van der Waals surface area contributed by atoms with Gasteiger partial charge in [-0.3, -0.25) is 5.41 Å². The zero-order valence-electron chi connectivity index (χ0n) is 11.5. The molecule has 9 heteroatoms. The molecule has 21 heavy (non-hydrogen) atoms. The second-order valence-corrected chi connectivity index (χ2v) is 6.62. The molecule has 1 unspecified atom stereocenters. The smallest absolute Gasteiger partial charge is 0.388 e. The first-order valence-electron chi connectivity index (χ1n) is 5.94. The van der Waals surface area contributed by atoms with Crippen LogP contribution in [0, 0.1) is 5.41 Å². The third-order valence-electron chi connectivity index (χ3n) is 2.97. The van der Waals surface area contributed by atoms with Crippen molar-refractivity contribution in [2.45, 2.75) is 30.5 Å². The van der Waals surface area contributed by atoms with Gasteiger partial charge < -0.3 is 5.73 Å². The molecule has 0 saturated carbocycles. The van der Waals surface area contributed by atoms with Crippen LogP contribution in [0.4, 0.5) is 13.2 Å². The van der Waals surface area contributed by atoms with Gasteiger partial charge in [-0.25, -0.2) is 8.42 Å². The summed E-state index contributed by atoms with van der Waals surface area (Å²) in [6, 6.07) is 2.90. The van der Waals surface area contributed by atoms with Gasteiger partial charge in [0.25, 0.3) is 0 Å². The first-order valence-corrected chi connectivity index (χ1v) is 7.38. The minimum atomic E-state index is -4.62. The highest BCUT2D eigenvalue weighted by Gasteiger charge is 2.33. The molecule has 0 aromatic heterocycles. The van der Waals surface area contributed by atoms with Gasteiger partial charge in [-0.2, -0.15) is 17.5 Å². The Balaban J connectivity index is 3.16. The molecule has 0 bridgehead atoms. The molecule has 0 aliphatic heterocycles. The van der Waals surface area contributed by atoms with Crippen LogP contribution in [0.15, 0.2) is 29.2 Å². The van der Waals surface area contributed by atoms with Gasteiger partial charge in [0.15, 0.2) is 0 Å². The maximum atomic E-state index is 12.6. The van der Waals surface area contributed by atoms with E-state index in [1.807, 2.05) is 0 Å². The Kier molecular flexibility index (Phi) is 5.00. The molecular formula is C12H16F3N3O2S. The molecular weight excluding hydrogens is 307 g/mol. The normalized spacial score (nSPS) is 14.2. The van der Waals surface area contributed by atoms with E-state index in [1.165, 1.54) is 14.0 Å². The van der Waals surface area contributed by atoms with Gasteiger partial charge >= 0.3 is 6.18 Å². The lowest BCUT2D eigenvalue weighted by Gasteiger charge is -2.24. The third kappa shape index (κ3) is 4.18. The van der Waals surface area contributed by atoms with Crippen LogP contribution in [0.5, 0.6) is 0 Å². The molecule has 0 aliphatic carbocycles. The van der Waals surface area contributed by atoms with Gasteiger partial charge in [-0.15, -0.1) is 0 Å². The summed E-state index contributed by atoms with van der Waals surface area (Å²) >= 11 is 0. The monoisotopic (exact) mass is 323 g/mol. The van der Waals surface area contributed by atoms with Gasteiger partial charge in [0.1, 0.15) is 0 Å². The molecule has 0 heterocycles. The van der Waals surface area contributed by atoms with Gasteiger partial charge in [0.05, 0.1) is 16.3 Å². The SMILES string of the molecule is CC(CC(=N)N)N(C)S(=O)(=O)c1cccc(C(F)(F)F)c1. The molecule has 118 valence electrons. The van der Waals surface area contributed by atoms with Crippen LogP contribution in [-0.4, -0.2) is 31.6 Å². The van der Waals surface area contributed by atoms with Crippen LogP contribution in [0.2, 0.25) is 0 Å². The number of amidine groups is 1. The molecule has 0 amide bonds. The van der Waals surface area contributed by atoms with Crippen molar-refractivity contribution < 1.29 is 21.6 Å². The maximum Gasteiger partial charge on any atom is 0.416 e. The number of hydrogen-bond donors (Lipinski definition) is 2. The minimum absolute atomic E-state index is 0.00527. The van der Waals surface area contributed by atoms with Gasteiger partial charge in [0, 0.05) is 19.5 Å². The lowest BCUT2D eigenvalue weighted by Crippen LogP contribution is -2.37. The van der Waals surface area contributed by atoms with E-state index in [-0.39, 0.29) is 12.3 Å². The van der Waals surface area contributed by atoms with Crippen molar-refractivity contribution in [1.82, 2.24) is 4.31 Å². The Morgan fingerprint density at radius 3 is 2.48 bits per heavy atom. The molecule has 3 N–H and O–H groups in total. The van der Waals surface area contributed by atoms with Gasteiger partial charge in [-0.1, -0.05) is 6.07 Å². The quantitative estimate of drug-likeness (QED) is 0.642. The van der Waals surface area contributed by atoms with Crippen LogP contribution >= 0.6 is 0 Å². The van der Waals surface area contributed by atoms with Crippen LogP contribution < -0.4 is 5.73 Å². The second kappa shape index (κ2) is 6.02. The molecule has 0 spiro atoms. The maximum absolute atomic E-state index is 12.6. The van der Waals surface area contributed by atoms with Crippen molar-refractivity contribution in [2.24, 2.45) is 5.73 Å². The number of benzene rings is 1. The molecule has 1 atom stereocenters. The van der Waals surface area contributed by atoms with Crippen molar-refractivity contribution in [3.05, 3.63) is 29.8 Å². The molecule has 0 fully saturated rings. The summed E-state index contributed by atoms with van der Waals surface area (Å²) in [5, 5.41) is 7.15. The van der Waals surface area contributed by atoms with Crippen molar-refractivity contribution in [3.8, 4) is 0 Å². The first kappa shape index (κ1) is 17.4. The van der Waals surface area contributed by atoms with E-state index >= 15 is 0 Å². The molecule has 0 aliphatic rings. The number of rotatable bonds is 5. The Labute approximate surface area is 121 Å². The van der Waals surface area contributed by atoms with Gasteiger partial charge in [0.2, 0.25) is 10.0 Å². The Morgan fingerprint density at radius 2 is 2.00 bits per heavy atom. The lowest BCUT2D eigenvalue weighted by molar-refractivity contribution is -0.137. The lowest BCUT2D eigenvalue weighted by atomic mass is 10.2. The van der Waals surface area contributed by atoms with Crippen LogP contribution in [0.3, 0.4) is 0 Å². The molecule has 5 nitrogen and oxygen atoms in total. The Morgan fingerprint density at radius 1 is 1.43 bits per heavy atom. The first-order chi connectivity index (χ1) is 9.46. The average Bonchev–Trinajstić information content (AvgIpc) is 2.36. The fourth-order valence-electron chi connectivity index (χ4n) is 1.68. The summed E-state index contributed by atoms with van der Waals surface area (Å²) in [5.41, 5.74) is 4.18.